The lowest BCUT2D eigenvalue weighted by Gasteiger charge is -2.21. The van der Waals surface area contributed by atoms with E-state index in [0.29, 0.717) is 0 Å². The Labute approximate surface area is 183 Å². The second-order valence-electron chi connectivity index (χ2n) is 7.59. The van der Waals surface area contributed by atoms with E-state index < -0.39 is 42.9 Å². The molecule has 2 unspecified atom stereocenters. The molecule has 0 saturated carbocycles. The van der Waals surface area contributed by atoms with Crippen molar-refractivity contribution in [3.63, 3.8) is 0 Å². The van der Waals surface area contributed by atoms with E-state index in [1.165, 1.54) is 0 Å². The number of carboxylic acids is 1. The predicted octanol–water partition coefficient (Wildman–Crippen LogP) is 3.53. The lowest BCUT2D eigenvalue weighted by molar-refractivity contribution is -0.137. The van der Waals surface area contributed by atoms with Gasteiger partial charge >= 0.3 is 12.1 Å². The Kier molecular flexibility index (Phi) is 7.40. The molecule has 0 spiro atoms. The predicted molar refractivity (Wildman–Crippen MR) is 112 cm³/mol. The summed E-state index contributed by atoms with van der Waals surface area (Å²) in [5.41, 5.74) is 4.12. The van der Waals surface area contributed by atoms with Crippen molar-refractivity contribution >= 4 is 18.0 Å². The SMILES string of the molecule is CC(NC(=O)C(CCC(=O)O)NC(=O)OCC1c2ccccc2-c2ccccc21)C(F)F. The molecule has 3 rings (SSSR count). The summed E-state index contributed by atoms with van der Waals surface area (Å²) in [6, 6.07) is 12.8. The second kappa shape index (κ2) is 10.2. The Hall–Kier alpha value is -3.49. The zero-order chi connectivity index (χ0) is 23.3. The molecule has 32 heavy (non-hydrogen) atoms. The maximum absolute atomic E-state index is 12.7. The number of carbonyl (C=O) groups is 3. The van der Waals surface area contributed by atoms with Gasteiger partial charge in [0, 0.05) is 12.3 Å². The van der Waals surface area contributed by atoms with Crippen LogP contribution in [0, 0.1) is 0 Å². The Morgan fingerprint density at radius 1 is 1.00 bits per heavy atom. The molecular weight excluding hydrogens is 422 g/mol. The van der Waals surface area contributed by atoms with Gasteiger partial charge in [0.1, 0.15) is 12.6 Å². The lowest BCUT2D eigenvalue weighted by atomic mass is 9.98. The van der Waals surface area contributed by atoms with E-state index in [1.54, 1.807) is 0 Å². The van der Waals surface area contributed by atoms with E-state index in [9.17, 15) is 23.2 Å². The maximum Gasteiger partial charge on any atom is 0.407 e. The van der Waals surface area contributed by atoms with Crippen LogP contribution in [0.3, 0.4) is 0 Å². The molecule has 0 fully saturated rings. The number of alkyl halides is 2. The van der Waals surface area contributed by atoms with Crippen molar-refractivity contribution < 1.29 is 33.0 Å². The molecule has 0 radical (unpaired) electrons. The molecule has 0 bridgehead atoms. The number of hydrogen-bond donors (Lipinski definition) is 3. The minimum absolute atomic E-state index is 0.000562. The first-order valence-electron chi connectivity index (χ1n) is 10.2. The summed E-state index contributed by atoms with van der Waals surface area (Å²) in [5.74, 6) is -2.27. The van der Waals surface area contributed by atoms with Crippen LogP contribution >= 0.6 is 0 Å². The van der Waals surface area contributed by atoms with Gasteiger partial charge in [-0.05, 0) is 35.6 Å². The Morgan fingerprint density at radius 3 is 2.09 bits per heavy atom. The molecule has 0 heterocycles. The fraction of sp³-hybridized carbons (Fsp3) is 0.348. The summed E-state index contributed by atoms with van der Waals surface area (Å²) >= 11 is 0. The van der Waals surface area contributed by atoms with Gasteiger partial charge in [0.25, 0.3) is 6.43 Å². The summed E-state index contributed by atoms with van der Waals surface area (Å²) < 4.78 is 30.8. The number of hydrogen-bond acceptors (Lipinski definition) is 4. The molecule has 2 aromatic rings. The highest BCUT2D eigenvalue weighted by Gasteiger charge is 2.30. The van der Waals surface area contributed by atoms with E-state index in [1.807, 2.05) is 48.5 Å². The Balaban J connectivity index is 1.66. The van der Waals surface area contributed by atoms with Crippen molar-refractivity contribution in [1.29, 1.82) is 0 Å². The number of alkyl carbamates (subject to hydrolysis) is 1. The summed E-state index contributed by atoms with van der Waals surface area (Å²) in [6.45, 7) is 1.12. The smallest absolute Gasteiger partial charge is 0.407 e. The number of rotatable bonds is 9. The lowest BCUT2D eigenvalue weighted by Crippen LogP contribution is -2.50. The van der Waals surface area contributed by atoms with E-state index in [2.05, 4.69) is 10.6 Å². The third-order valence-electron chi connectivity index (χ3n) is 5.35. The zero-order valence-electron chi connectivity index (χ0n) is 17.4. The van der Waals surface area contributed by atoms with E-state index in [-0.39, 0.29) is 18.9 Å². The molecule has 0 aromatic heterocycles. The van der Waals surface area contributed by atoms with E-state index >= 15 is 0 Å². The zero-order valence-corrected chi connectivity index (χ0v) is 17.4. The molecule has 1 aliphatic carbocycles. The minimum Gasteiger partial charge on any atom is -0.481 e. The molecule has 1 aliphatic rings. The fourth-order valence-corrected chi connectivity index (χ4v) is 3.71. The van der Waals surface area contributed by atoms with E-state index in [0.717, 1.165) is 29.2 Å². The molecule has 3 N–H and O–H groups in total. The number of aliphatic carboxylic acids is 1. The van der Waals surface area contributed by atoms with Gasteiger partial charge in [0.05, 0.1) is 6.04 Å². The van der Waals surface area contributed by atoms with Gasteiger partial charge in [-0.15, -0.1) is 0 Å². The van der Waals surface area contributed by atoms with Crippen LogP contribution in [0.15, 0.2) is 48.5 Å². The van der Waals surface area contributed by atoms with Crippen molar-refractivity contribution in [2.75, 3.05) is 6.61 Å². The van der Waals surface area contributed by atoms with Crippen molar-refractivity contribution in [3.05, 3.63) is 59.7 Å². The number of carboxylic acid groups (broad SMARTS) is 1. The highest BCUT2D eigenvalue weighted by Crippen LogP contribution is 2.44. The molecule has 9 heteroatoms. The Bertz CT molecular complexity index is 952. The van der Waals surface area contributed by atoms with Gasteiger partial charge in [0.15, 0.2) is 0 Å². The average molecular weight is 446 g/mol. The van der Waals surface area contributed by atoms with Crippen LogP contribution in [0.2, 0.25) is 0 Å². The number of nitrogens with one attached hydrogen (secondary N) is 2. The minimum atomic E-state index is -2.80. The third-order valence-corrected chi connectivity index (χ3v) is 5.35. The standard InChI is InChI=1S/C23H24F2N2O5/c1-13(21(24)25)26-22(30)19(10-11-20(28)29)27-23(31)32-12-18-16-8-4-2-6-14(16)15-7-3-5-9-17(15)18/h2-9,13,18-19,21H,10-12H2,1H3,(H,26,30)(H,27,31)(H,28,29). The van der Waals surface area contributed by atoms with Crippen LogP contribution in [0.4, 0.5) is 13.6 Å². The quantitative estimate of drug-likeness (QED) is 0.547. The van der Waals surface area contributed by atoms with Crippen LogP contribution in [0.25, 0.3) is 11.1 Å². The maximum atomic E-state index is 12.7. The molecule has 7 nitrogen and oxygen atoms in total. The molecular formula is C23H24F2N2O5. The van der Waals surface area contributed by atoms with Gasteiger partial charge in [-0.3, -0.25) is 9.59 Å². The number of ether oxygens (including phenoxy) is 1. The van der Waals surface area contributed by atoms with Crippen molar-refractivity contribution in [1.82, 2.24) is 10.6 Å². The summed E-state index contributed by atoms with van der Waals surface area (Å²) in [7, 11) is 0. The third kappa shape index (κ3) is 5.40. The van der Waals surface area contributed by atoms with Crippen LogP contribution < -0.4 is 10.6 Å². The number of benzene rings is 2. The normalized spacial score (nSPS) is 14.2. The van der Waals surface area contributed by atoms with Crippen molar-refractivity contribution in [3.8, 4) is 11.1 Å². The van der Waals surface area contributed by atoms with Crippen LogP contribution in [-0.4, -0.2) is 48.2 Å². The molecule has 2 atom stereocenters. The van der Waals surface area contributed by atoms with Crippen LogP contribution in [0.5, 0.6) is 0 Å². The molecule has 2 aromatic carbocycles. The first kappa shape index (κ1) is 23.2. The van der Waals surface area contributed by atoms with Gasteiger partial charge in [0.2, 0.25) is 5.91 Å². The number of fused-ring (bicyclic) bond motifs is 3. The molecule has 2 amide bonds. The van der Waals surface area contributed by atoms with Gasteiger partial charge in [-0.2, -0.15) is 0 Å². The summed E-state index contributed by atoms with van der Waals surface area (Å²) in [6.07, 6.45) is -4.41. The van der Waals surface area contributed by atoms with Crippen molar-refractivity contribution in [2.24, 2.45) is 0 Å². The van der Waals surface area contributed by atoms with Gasteiger partial charge in [-0.1, -0.05) is 48.5 Å². The molecule has 0 saturated heterocycles. The highest BCUT2D eigenvalue weighted by molar-refractivity contribution is 5.86. The van der Waals surface area contributed by atoms with Crippen LogP contribution in [-0.2, 0) is 14.3 Å². The second-order valence-corrected chi connectivity index (χ2v) is 7.59. The molecule has 170 valence electrons. The largest absolute Gasteiger partial charge is 0.481 e. The molecule has 0 aliphatic heterocycles. The number of amides is 2. The average Bonchev–Trinajstić information content (AvgIpc) is 3.08. The van der Waals surface area contributed by atoms with Gasteiger partial charge in [-0.25, -0.2) is 13.6 Å². The topological polar surface area (TPSA) is 105 Å². The number of halogens is 2. The first-order valence-corrected chi connectivity index (χ1v) is 10.2. The Morgan fingerprint density at radius 2 is 1.56 bits per heavy atom. The van der Waals surface area contributed by atoms with Crippen molar-refractivity contribution in [2.45, 2.75) is 44.2 Å². The monoisotopic (exact) mass is 446 g/mol. The fourth-order valence-electron chi connectivity index (χ4n) is 3.71. The summed E-state index contributed by atoms with van der Waals surface area (Å²) in [5, 5.41) is 13.3. The van der Waals surface area contributed by atoms with E-state index in [4.69, 9.17) is 9.84 Å². The first-order chi connectivity index (χ1) is 15.3. The number of carbonyl (C=O) groups excluding carboxylic acids is 2. The highest BCUT2D eigenvalue weighted by atomic mass is 19.3. The van der Waals surface area contributed by atoms with Crippen LogP contribution in [0.1, 0.15) is 36.8 Å². The summed E-state index contributed by atoms with van der Waals surface area (Å²) in [4.78, 5) is 35.6. The van der Waals surface area contributed by atoms with Gasteiger partial charge < -0.3 is 20.5 Å².